The van der Waals surface area contributed by atoms with Crippen LogP contribution in [-0.4, -0.2) is 0 Å². The lowest BCUT2D eigenvalue weighted by Crippen LogP contribution is -1.91. The van der Waals surface area contributed by atoms with Gasteiger partial charge >= 0.3 is 0 Å². The molecule has 0 nitrogen and oxygen atoms in total. The standard InChI is InChI=1S/C18H22.2C2H6/c1-4-5-6-17-13-18(12-9-15(17)3)16-10-7-14(2)8-11-16;2*1-2/h7-13H,4-6H2,1-3H3;2*1-2H3. The van der Waals surface area contributed by atoms with Crippen molar-refractivity contribution >= 4 is 0 Å². The molecule has 0 aromatic heterocycles. The lowest BCUT2D eigenvalue weighted by atomic mass is 9.96. The Balaban J connectivity index is 0.00000102. The first-order valence-corrected chi connectivity index (χ1v) is 8.87. The summed E-state index contributed by atoms with van der Waals surface area (Å²) in [6.45, 7) is 14.6. The highest BCUT2D eigenvalue weighted by atomic mass is 14.1. The lowest BCUT2D eigenvalue weighted by molar-refractivity contribution is 0.791. The van der Waals surface area contributed by atoms with Crippen LogP contribution >= 0.6 is 0 Å². The Morgan fingerprint density at radius 1 is 0.727 bits per heavy atom. The average molecular weight is 299 g/mol. The molecule has 2 aromatic rings. The number of hydrogen-bond donors (Lipinski definition) is 0. The van der Waals surface area contributed by atoms with Crippen LogP contribution in [-0.2, 0) is 6.42 Å². The van der Waals surface area contributed by atoms with E-state index in [1.165, 1.54) is 47.1 Å². The second-order valence-electron chi connectivity index (χ2n) is 5.11. The Bertz CT molecular complexity index is 506. The summed E-state index contributed by atoms with van der Waals surface area (Å²) in [5.41, 5.74) is 6.89. The maximum Gasteiger partial charge on any atom is -0.0181 e. The molecule has 2 aromatic carbocycles. The van der Waals surface area contributed by atoms with Gasteiger partial charge in [0.25, 0.3) is 0 Å². The highest BCUT2D eigenvalue weighted by molar-refractivity contribution is 5.65. The van der Waals surface area contributed by atoms with Crippen LogP contribution in [0.25, 0.3) is 11.1 Å². The quantitative estimate of drug-likeness (QED) is 0.553. The molecule has 0 saturated carbocycles. The molecular formula is C22H34. The molecule has 2 rings (SSSR count). The molecule has 0 heterocycles. The van der Waals surface area contributed by atoms with Crippen molar-refractivity contribution in [3.63, 3.8) is 0 Å². The summed E-state index contributed by atoms with van der Waals surface area (Å²) in [6.07, 6.45) is 3.73. The molecule has 0 N–H and O–H groups in total. The lowest BCUT2D eigenvalue weighted by Gasteiger charge is -2.09. The van der Waals surface area contributed by atoms with Crippen molar-refractivity contribution in [2.75, 3.05) is 0 Å². The fraction of sp³-hybridized carbons (Fsp3) is 0.455. The van der Waals surface area contributed by atoms with Crippen LogP contribution in [0.5, 0.6) is 0 Å². The summed E-state index contributed by atoms with van der Waals surface area (Å²) in [6, 6.07) is 15.6. The molecule has 0 amide bonds. The summed E-state index contributed by atoms with van der Waals surface area (Å²) in [4.78, 5) is 0. The molecule has 0 bridgehead atoms. The largest absolute Gasteiger partial charge is 0.0683 e. The molecule has 0 heteroatoms. The van der Waals surface area contributed by atoms with Gasteiger partial charge in [-0.1, -0.05) is 89.1 Å². The average Bonchev–Trinajstić information content (AvgIpc) is 2.58. The van der Waals surface area contributed by atoms with Crippen LogP contribution in [0.3, 0.4) is 0 Å². The van der Waals surface area contributed by atoms with Gasteiger partial charge < -0.3 is 0 Å². The highest BCUT2D eigenvalue weighted by Gasteiger charge is 2.02. The van der Waals surface area contributed by atoms with Gasteiger partial charge in [0.05, 0.1) is 0 Å². The minimum atomic E-state index is 1.20. The minimum Gasteiger partial charge on any atom is -0.0683 e. The van der Waals surface area contributed by atoms with Crippen LogP contribution in [0.4, 0.5) is 0 Å². The number of rotatable bonds is 4. The maximum absolute atomic E-state index is 2.36. The molecule has 0 aliphatic carbocycles. The second kappa shape index (κ2) is 12.0. The zero-order chi connectivity index (χ0) is 17.0. The van der Waals surface area contributed by atoms with Gasteiger partial charge in [-0.25, -0.2) is 0 Å². The zero-order valence-corrected chi connectivity index (χ0v) is 15.7. The third kappa shape index (κ3) is 6.47. The molecule has 122 valence electrons. The molecule has 0 aliphatic rings. The first kappa shape index (κ1) is 20.4. The molecule has 0 unspecified atom stereocenters. The Hall–Kier alpha value is -1.56. The number of hydrogen-bond acceptors (Lipinski definition) is 0. The van der Waals surface area contributed by atoms with Crippen molar-refractivity contribution in [2.24, 2.45) is 0 Å². The summed E-state index contributed by atoms with van der Waals surface area (Å²) in [5, 5.41) is 0. The monoisotopic (exact) mass is 298 g/mol. The third-order valence-electron chi connectivity index (χ3n) is 3.53. The first-order valence-electron chi connectivity index (χ1n) is 8.87. The fourth-order valence-electron chi connectivity index (χ4n) is 2.23. The molecule has 0 radical (unpaired) electrons. The molecule has 0 saturated heterocycles. The van der Waals surface area contributed by atoms with Gasteiger partial charge in [0.2, 0.25) is 0 Å². The van der Waals surface area contributed by atoms with Crippen molar-refractivity contribution in [3.05, 3.63) is 59.2 Å². The van der Waals surface area contributed by atoms with E-state index < -0.39 is 0 Å². The van der Waals surface area contributed by atoms with E-state index in [1.54, 1.807) is 0 Å². The third-order valence-corrected chi connectivity index (χ3v) is 3.53. The van der Waals surface area contributed by atoms with Crippen molar-refractivity contribution in [1.82, 2.24) is 0 Å². The molecule has 22 heavy (non-hydrogen) atoms. The molecule has 0 atom stereocenters. The van der Waals surface area contributed by atoms with E-state index in [9.17, 15) is 0 Å². The van der Waals surface area contributed by atoms with Gasteiger partial charge in [0.1, 0.15) is 0 Å². The fourth-order valence-corrected chi connectivity index (χ4v) is 2.23. The summed E-state index contributed by atoms with van der Waals surface area (Å²) >= 11 is 0. The maximum atomic E-state index is 2.36. The first-order chi connectivity index (χ1) is 10.7. The summed E-state index contributed by atoms with van der Waals surface area (Å²) in [7, 11) is 0. The smallest absolute Gasteiger partial charge is 0.0181 e. The van der Waals surface area contributed by atoms with Gasteiger partial charge in [-0.3, -0.25) is 0 Å². The van der Waals surface area contributed by atoms with E-state index in [4.69, 9.17) is 0 Å². The van der Waals surface area contributed by atoms with E-state index in [0.29, 0.717) is 0 Å². The summed E-state index contributed by atoms with van der Waals surface area (Å²) in [5.74, 6) is 0. The van der Waals surface area contributed by atoms with Crippen molar-refractivity contribution in [3.8, 4) is 11.1 Å². The Kier molecular flexibility index (Phi) is 11.2. The SMILES string of the molecule is CC.CC.CCCCc1cc(-c2ccc(C)cc2)ccc1C. The predicted octanol–water partition coefficient (Wildman–Crippen LogP) is 7.37. The van der Waals surface area contributed by atoms with E-state index in [2.05, 4.69) is 63.2 Å². The van der Waals surface area contributed by atoms with E-state index in [-0.39, 0.29) is 0 Å². The second-order valence-corrected chi connectivity index (χ2v) is 5.11. The molecular weight excluding hydrogens is 264 g/mol. The van der Waals surface area contributed by atoms with Crippen LogP contribution in [0.15, 0.2) is 42.5 Å². The minimum absolute atomic E-state index is 1.20. The van der Waals surface area contributed by atoms with Gasteiger partial charge in [0, 0.05) is 0 Å². The van der Waals surface area contributed by atoms with Crippen LogP contribution in [0.2, 0.25) is 0 Å². The van der Waals surface area contributed by atoms with Crippen LogP contribution in [0.1, 0.15) is 64.2 Å². The van der Waals surface area contributed by atoms with Gasteiger partial charge in [0.15, 0.2) is 0 Å². The zero-order valence-electron chi connectivity index (χ0n) is 15.7. The Morgan fingerprint density at radius 2 is 1.27 bits per heavy atom. The highest BCUT2D eigenvalue weighted by Crippen LogP contribution is 2.23. The number of aryl methyl sites for hydroxylation is 3. The van der Waals surface area contributed by atoms with Crippen molar-refractivity contribution in [2.45, 2.75) is 67.7 Å². The molecule has 0 aliphatic heterocycles. The number of benzene rings is 2. The van der Waals surface area contributed by atoms with Gasteiger partial charge in [-0.05, 0) is 48.9 Å². The van der Waals surface area contributed by atoms with Crippen LogP contribution in [0, 0.1) is 13.8 Å². The normalized spacial score (nSPS) is 9.23. The van der Waals surface area contributed by atoms with Crippen LogP contribution < -0.4 is 0 Å². The molecule has 0 fully saturated rings. The number of unbranched alkanes of at least 4 members (excludes halogenated alkanes) is 1. The topological polar surface area (TPSA) is 0 Å². The van der Waals surface area contributed by atoms with E-state index >= 15 is 0 Å². The van der Waals surface area contributed by atoms with E-state index in [0.717, 1.165) is 0 Å². The van der Waals surface area contributed by atoms with Crippen molar-refractivity contribution < 1.29 is 0 Å². The summed E-state index contributed by atoms with van der Waals surface area (Å²) < 4.78 is 0. The van der Waals surface area contributed by atoms with Gasteiger partial charge in [-0.2, -0.15) is 0 Å². The Morgan fingerprint density at radius 3 is 1.82 bits per heavy atom. The Labute approximate surface area is 138 Å². The molecule has 0 spiro atoms. The van der Waals surface area contributed by atoms with E-state index in [1.807, 2.05) is 27.7 Å². The predicted molar refractivity (Wildman–Crippen MR) is 103 cm³/mol. The van der Waals surface area contributed by atoms with Gasteiger partial charge in [-0.15, -0.1) is 0 Å². The van der Waals surface area contributed by atoms with Crippen molar-refractivity contribution in [1.29, 1.82) is 0 Å².